The van der Waals surface area contributed by atoms with Crippen molar-refractivity contribution in [1.29, 1.82) is 0 Å². The molecule has 2 heterocycles. The van der Waals surface area contributed by atoms with Gasteiger partial charge in [-0.15, -0.1) is 4.98 Å². The zero-order valence-electron chi connectivity index (χ0n) is 10.4. The van der Waals surface area contributed by atoms with Gasteiger partial charge >= 0.3 is 12.0 Å². The van der Waals surface area contributed by atoms with Crippen LogP contribution in [0.15, 0.2) is 12.3 Å². The number of aryl methyl sites for hydroxylation is 1. The molecule has 0 fully saturated rings. The van der Waals surface area contributed by atoms with Crippen LogP contribution in [0, 0.1) is 0 Å². The first-order valence-electron chi connectivity index (χ1n) is 5.27. The van der Waals surface area contributed by atoms with Gasteiger partial charge in [-0.25, -0.2) is 0 Å². The second kappa shape index (κ2) is 5.30. The van der Waals surface area contributed by atoms with E-state index in [4.69, 9.17) is 9.47 Å². The van der Waals surface area contributed by atoms with Gasteiger partial charge in [-0.2, -0.15) is 15.1 Å². The third-order valence-electron chi connectivity index (χ3n) is 2.16. The van der Waals surface area contributed by atoms with Crippen molar-refractivity contribution in [3.05, 3.63) is 18.0 Å². The van der Waals surface area contributed by atoms with E-state index >= 15 is 0 Å². The minimum Gasteiger partial charge on any atom is -0.467 e. The van der Waals surface area contributed by atoms with Crippen LogP contribution in [-0.4, -0.2) is 39.0 Å². The molecule has 0 aromatic carbocycles. The number of hydrogen-bond donors (Lipinski definition) is 1. The third kappa shape index (κ3) is 2.84. The number of nitrogens with zero attached hydrogens (tertiary/aromatic N) is 5. The highest BCUT2D eigenvalue weighted by Crippen LogP contribution is 2.12. The Kier molecular flexibility index (Phi) is 3.56. The molecule has 0 aliphatic rings. The molecule has 0 spiro atoms. The number of hydrogen-bond acceptors (Lipinski definition) is 7. The van der Waals surface area contributed by atoms with Crippen LogP contribution in [0.25, 0.3) is 0 Å². The van der Waals surface area contributed by atoms with E-state index in [2.05, 4.69) is 25.4 Å². The average Bonchev–Trinajstić information content (AvgIpc) is 2.81. The lowest BCUT2D eigenvalue weighted by molar-refractivity contribution is 0.341. The summed E-state index contributed by atoms with van der Waals surface area (Å²) in [6.07, 6.45) is 1.87. The van der Waals surface area contributed by atoms with Crippen LogP contribution in [0.1, 0.15) is 5.69 Å². The summed E-state index contributed by atoms with van der Waals surface area (Å²) >= 11 is 0. The molecule has 0 radical (unpaired) electrons. The monoisotopic (exact) mass is 250 g/mol. The minimum absolute atomic E-state index is 0.199. The molecule has 2 aromatic heterocycles. The molecule has 2 aromatic rings. The molecule has 8 heteroatoms. The lowest BCUT2D eigenvalue weighted by atomic mass is 10.4. The lowest BCUT2D eigenvalue weighted by Crippen LogP contribution is -2.07. The summed E-state index contributed by atoms with van der Waals surface area (Å²) in [6.45, 7) is 0.511. The molecule has 0 saturated carbocycles. The van der Waals surface area contributed by atoms with Crippen molar-refractivity contribution in [2.75, 3.05) is 19.5 Å². The number of aromatic nitrogens is 5. The van der Waals surface area contributed by atoms with Crippen molar-refractivity contribution in [3.63, 3.8) is 0 Å². The predicted molar refractivity (Wildman–Crippen MR) is 63.5 cm³/mol. The first kappa shape index (κ1) is 12.1. The van der Waals surface area contributed by atoms with Crippen LogP contribution in [0.2, 0.25) is 0 Å². The number of anilines is 1. The lowest BCUT2D eigenvalue weighted by Gasteiger charge is -2.06. The SMILES string of the molecule is COc1nc(NCc2ccn(C)n2)nc(OC)n1. The van der Waals surface area contributed by atoms with Gasteiger partial charge in [0.25, 0.3) is 0 Å². The van der Waals surface area contributed by atoms with Crippen LogP contribution in [0.3, 0.4) is 0 Å². The van der Waals surface area contributed by atoms with Gasteiger partial charge in [0.1, 0.15) is 0 Å². The Morgan fingerprint density at radius 3 is 2.33 bits per heavy atom. The molecule has 0 aliphatic heterocycles. The topological polar surface area (TPSA) is 87.0 Å². The fourth-order valence-corrected chi connectivity index (χ4v) is 1.33. The molecule has 8 nitrogen and oxygen atoms in total. The van der Waals surface area contributed by atoms with Crippen molar-refractivity contribution in [1.82, 2.24) is 24.7 Å². The average molecular weight is 250 g/mol. The van der Waals surface area contributed by atoms with E-state index in [0.717, 1.165) is 5.69 Å². The maximum atomic E-state index is 4.95. The number of ether oxygens (including phenoxy) is 2. The highest BCUT2D eigenvalue weighted by atomic mass is 16.5. The van der Waals surface area contributed by atoms with Gasteiger partial charge < -0.3 is 14.8 Å². The minimum atomic E-state index is 0.199. The van der Waals surface area contributed by atoms with Crippen molar-refractivity contribution >= 4 is 5.95 Å². The van der Waals surface area contributed by atoms with Gasteiger partial charge in [0, 0.05) is 13.2 Å². The summed E-state index contributed by atoms with van der Waals surface area (Å²) in [6, 6.07) is 2.30. The van der Waals surface area contributed by atoms with Crippen molar-refractivity contribution in [2.24, 2.45) is 7.05 Å². The van der Waals surface area contributed by atoms with Gasteiger partial charge in [-0.05, 0) is 6.07 Å². The summed E-state index contributed by atoms with van der Waals surface area (Å²) in [4.78, 5) is 12.0. The first-order chi connectivity index (χ1) is 8.71. The van der Waals surface area contributed by atoms with Gasteiger partial charge in [0.15, 0.2) is 0 Å². The number of nitrogens with one attached hydrogen (secondary N) is 1. The molecule has 96 valence electrons. The van der Waals surface area contributed by atoms with Crippen molar-refractivity contribution in [3.8, 4) is 12.0 Å². The van der Waals surface area contributed by atoms with E-state index in [9.17, 15) is 0 Å². The second-order valence-corrected chi connectivity index (χ2v) is 3.47. The Morgan fingerprint density at radius 1 is 1.17 bits per heavy atom. The van der Waals surface area contributed by atoms with Crippen LogP contribution in [0.5, 0.6) is 12.0 Å². The van der Waals surface area contributed by atoms with Crippen LogP contribution < -0.4 is 14.8 Å². The highest BCUT2D eigenvalue weighted by Gasteiger charge is 2.07. The smallest absolute Gasteiger partial charge is 0.324 e. The van der Waals surface area contributed by atoms with Crippen molar-refractivity contribution in [2.45, 2.75) is 6.54 Å². The Hall–Kier alpha value is -2.38. The van der Waals surface area contributed by atoms with E-state index in [-0.39, 0.29) is 12.0 Å². The Bertz CT molecular complexity index is 505. The third-order valence-corrected chi connectivity index (χ3v) is 2.16. The maximum absolute atomic E-state index is 4.95. The molecule has 0 saturated heterocycles. The zero-order valence-corrected chi connectivity index (χ0v) is 10.4. The summed E-state index contributed by atoms with van der Waals surface area (Å²) in [5, 5.41) is 7.26. The van der Waals surface area contributed by atoms with Gasteiger partial charge in [-0.1, -0.05) is 0 Å². The molecule has 0 unspecified atom stereocenters. The fourth-order valence-electron chi connectivity index (χ4n) is 1.33. The number of rotatable bonds is 5. The molecule has 18 heavy (non-hydrogen) atoms. The molecule has 0 bridgehead atoms. The van der Waals surface area contributed by atoms with E-state index in [1.54, 1.807) is 4.68 Å². The summed E-state index contributed by atoms with van der Waals surface area (Å²) in [5.41, 5.74) is 0.885. The normalized spacial score (nSPS) is 10.2. The quantitative estimate of drug-likeness (QED) is 0.812. The first-order valence-corrected chi connectivity index (χ1v) is 5.27. The van der Waals surface area contributed by atoms with E-state index in [1.165, 1.54) is 14.2 Å². The van der Waals surface area contributed by atoms with Gasteiger partial charge in [-0.3, -0.25) is 4.68 Å². The van der Waals surface area contributed by atoms with Gasteiger partial charge in [0.05, 0.1) is 26.5 Å². The second-order valence-electron chi connectivity index (χ2n) is 3.47. The molecular weight excluding hydrogens is 236 g/mol. The standard InChI is InChI=1S/C10H14N6O2/c1-16-5-4-7(15-16)6-11-8-12-9(17-2)14-10(13-8)18-3/h4-5H,6H2,1-3H3,(H,11,12,13,14). The Balaban J connectivity index is 2.08. The van der Waals surface area contributed by atoms with E-state index in [0.29, 0.717) is 12.5 Å². The van der Waals surface area contributed by atoms with E-state index in [1.807, 2.05) is 19.3 Å². The summed E-state index contributed by atoms with van der Waals surface area (Å²) in [7, 11) is 4.83. The maximum Gasteiger partial charge on any atom is 0.324 e. The summed E-state index contributed by atoms with van der Waals surface area (Å²) in [5.74, 6) is 0.379. The van der Waals surface area contributed by atoms with Gasteiger partial charge in [0.2, 0.25) is 5.95 Å². The predicted octanol–water partition coefficient (Wildman–Crippen LogP) is 0.234. The molecule has 2 rings (SSSR count). The fraction of sp³-hybridized carbons (Fsp3) is 0.400. The molecule has 0 amide bonds. The molecule has 1 N–H and O–H groups in total. The molecule has 0 aliphatic carbocycles. The zero-order chi connectivity index (χ0) is 13.0. The largest absolute Gasteiger partial charge is 0.467 e. The Labute approximate surface area is 104 Å². The summed E-state index contributed by atoms with van der Waals surface area (Å²) < 4.78 is 11.6. The van der Waals surface area contributed by atoms with Crippen LogP contribution >= 0.6 is 0 Å². The van der Waals surface area contributed by atoms with E-state index < -0.39 is 0 Å². The molecular formula is C10H14N6O2. The van der Waals surface area contributed by atoms with Crippen LogP contribution in [-0.2, 0) is 13.6 Å². The van der Waals surface area contributed by atoms with Crippen molar-refractivity contribution < 1.29 is 9.47 Å². The number of methoxy groups -OCH3 is 2. The highest BCUT2D eigenvalue weighted by molar-refractivity contribution is 5.28. The molecule has 0 atom stereocenters. The van der Waals surface area contributed by atoms with Crippen LogP contribution in [0.4, 0.5) is 5.95 Å². The Morgan fingerprint density at radius 2 is 1.83 bits per heavy atom.